The van der Waals surface area contributed by atoms with Crippen LogP contribution in [0.15, 0.2) is 29.3 Å². The van der Waals surface area contributed by atoms with Crippen LogP contribution >= 0.6 is 22.9 Å². The fraction of sp³-hybridized carbons (Fsp3) is 0.500. The van der Waals surface area contributed by atoms with Crippen LogP contribution in [0.4, 0.5) is 0 Å². The van der Waals surface area contributed by atoms with Crippen LogP contribution < -0.4 is 10.1 Å². The molecule has 2 atom stereocenters. The van der Waals surface area contributed by atoms with Gasteiger partial charge in [-0.3, -0.25) is 0 Å². The highest BCUT2D eigenvalue weighted by atomic mass is 35.5. The van der Waals surface area contributed by atoms with E-state index in [1.54, 1.807) is 23.1 Å². The number of ether oxygens (including phenoxy) is 1. The Hall–Kier alpha value is -2.63. The number of nitrogens with one attached hydrogen (secondary N) is 1. The minimum atomic E-state index is -0.166. The average Bonchev–Trinajstić information content (AvgIpc) is 3.51. The molecule has 0 saturated carbocycles. The predicted molar refractivity (Wildman–Crippen MR) is 119 cm³/mol. The maximum Gasteiger partial charge on any atom is 0.294 e. The molecule has 168 valence electrons. The summed E-state index contributed by atoms with van der Waals surface area (Å²) in [5, 5.41) is 16.6. The molecule has 4 aromatic heterocycles. The number of aromatic nitrogens is 7. The summed E-state index contributed by atoms with van der Waals surface area (Å²) in [6.45, 7) is 6.85. The number of fused-ring (bicyclic) bond motifs is 1. The molecule has 1 fully saturated rings. The second-order valence-corrected chi connectivity index (χ2v) is 9.59. The van der Waals surface area contributed by atoms with Crippen molar-refractivity contribution < 1.29 is 9.26 Å². The molecule has 32 heavy (non-hydrogen) atoms. The highest BCUT2D eigenvalue weighted by Crippen LogP contribution is 2.44. The zero-order valence-electron chi connectivity index (χ0n) is 17.7. The third-order valence-electron chi connectivity index (χ3n) is 6.16. The van der Waals surface area contributed by atoms with Crippen molar-refractivity contribution in [2.45, 2.75) is 32.1 Å². The topological polar surface area (TPSA) is 116 Å². The molecule has 10 nitrogen and oxygen atoms in total. The Morgan fingerprint density at radius 3 is 2.94 bits per heavy atom. The molecule has 1 aliphatic rings. The van der Waals surface area contributed by atoms with Crippen LogP contribution in [0.3, 0.4) is 0 Å². The Morgan fingerprint density at radius 1 is 1.31 bits per heavy atom. The number of piperidine rings is 1. The summed E-state index contributed by atoms with van der Waals surface area (Å²) in [6.07, 6.45) is 8.38. The van der Waals surface area contributed by atoms with Gasteiger partial charge in [-0.1, -0.05) is 25.4 Å². The molecule has 0 spiro atoms. The molecule has 12 heteroatoms. The Kier molecular flexibility index (Phi) is 5.78. The van der Waals surface area contributed by atoms with E-state index in [0.29, 0.717) is 40.2 Å². The van der Waals surface area contributed by atoms with E-state index >= 15 is 0 Å². The first-order valence-electron chi connectivity index (χ1n) is 10.5. The SMILES string of the molecule is CC(C)C1CNCCC1(CCOc1nn2cc(-c3cnc(Cl)cn3)nc2s1)c1cnno1. The Bertz CT molecular complexity index is 1140. The summed E-state index contributed by atoms with van der Waals surface area (Å²) in [5.74, 6) is 1.71. The van der Waals surface area contributed by atoms with E-state index < -0.39 is 0 Å². The predicted octanol–water partition coefficient (Wildman–Crippen LogP) is 3.26. The van der Waals surface area contributed by atoms with Gasteiger partial charge in [0.1, 0.15) is 16.5 Å². The zero-order valence-corrected chi connectivity index (χ0v) is 19.3. The van der Waals surface area contributed by atoms with Gasteiger partial charge < -0.3 is 14.6 Å². The van der Waals surface area contributed by atoms with Crippen molar-refractivity contribution in [1.29, 1.82) is 0 Å². The van der Waals surface area contributed by atoms with Gasteiger partial charge in [0.15, 0.2) is 5.76 Å². The van der Waals surface area contributed by atoms with E-state index in [0.717, 1.165) is 36.7 Å². The molecule has 0 amide bonds. The number of rotatable bonds is 7. The van der Waals surface area contributed by atoms with E-state index in [2.05, 4.69) is 49.6 Å². The number of hydrogen-bond donors (Lipinski definition) is 1. The molecule has 5 rings (SSSR count). The van der Waals surface area contributed by atoms with E-state index in [-0.39, 0.29) is 5.41 Å². The van der Waals surface area contributed by atoms with E-state index in [1.807, 2.05) is 0 Å². The first kappa shape index (κ1) is 21.2. The summed E-state index contributed by atoms with van der Waals surface area (Å²) in [7, 11) is 0. The maximum atomic E-state index is 6.06. The fourth-order valence-electron chi connectivity index (χ4n) is 4.58. The molecule has 0 aromatic carbocycles. The lowest BCUT2D eigenvalue weighted by atomic mass is 9.63. The second-order valence-electron chi connectivity index (χ2n) is 8.29. The Morgan fingerprint density at radius 2 is 2.22 bits per heavy atom. The summed E-state index contributed by atoms with van der Waals surface area (Å²) in [4.78, 5) is 13.6. The van der Waals surface area contributed by atoms with Crippen LogP contribution in [0.2, 0.25) is 5.15 Å². The van der Waals surface area contributed by atoms with Gasteiger partial charge in [-0.05, 0) is 49.1 Å². The van der Waals surface area contributed by atoms with Crippen LogP contribution in [-0.2, 0) is 5.41 Å². The molecule has 1 N–H and O–H groups in total. The first-order valence-corrected chi connectivity index (χ1v) is 11.7. The van der Waals surface area contributed by atoms with Crippen LogP contribution in [0.5, 0.6) is 5.19 Å². The minimum absolute atomic E-state index is 0.166. The monoisotopic (exact) mass is 474 g/mol. The normalized spacial score (nSPS) is 21.4. The Balaban J connectivity index is 1.31. The van der Waals surface area contributed by atoms with Crippen molar-refractivity contribution in [3.05, 3.63) is 35.7 Å². The molecular weight excluding hydrogens is 452 g/mol. The molecule has 0 radical (unpaired) electrons. The van der Waals surface area contributed by atoms with Crippen molar-refractivity contribution in [1.82, 2.24) is 40.3 Å². The van der Waals surface area contributed by atoms with Crippen molar-refractivity contribution in [2.24, 2.45) is 11.8 Å². The summed E-state index contributed by atoms with van der Waals surface area (Å²) < 4.78 is 13.3. The van der Waals surface area contributed by atoms with Crippen LogP contribution in [0.25, 0.3) is 16.3 Å². The third-order valence-corrected chi connectivity index (χ3v) is 7.19. The van der Waals surface area contributed by atoms with Gasteiger partial charge in [-0.2, -0.15) is 0 Å². The number of imidazole rings is 1. The second kappa shape index (κ2) is 8.72. The summed E-state index contributed by atoms with van der Waals surface area (Å²) in [6, 6.07) is 0. The van der Waals surface area contributed by atoms with Crippen LogP contribution in [-0.4, -0.2) is 54.6 Å². The van der Waals surface area contributed by atoms with Gasteiger partial charge in [0.05, 0.1) is 31.4 Å². The number of halogens is 1. The highest BCUT2D eigenvalue weighted by Gasteiger charge is 2.46. The van der Waals surface area contributed by atoms with Gasteiger partial charge in [0.2, 0.25) is 4.96 Å². The molecule has 1 saturated heterocycles. The summed E-state index contributed by atoms with van der Waals surface area (Å²) in [5.41, 5.74) is 1.16. The van der Waals surface area contributed by atoms with Gasteiger partial charge in [0.25, 0.3) is 5.19 Å². The lowest BCUT2D eigenvalue weighted by Gasteiger charge is -2.44. The molecular formula is C20H23ClN8O2S. The van der Waals surface area contributed by atoms with Crippen molar-refractivity contribution in [3.63, 3.8) is 0 Å². The largest absolute Gasteiger partial charge is 0.469 e. The molecule has 0 bridgehead atoms. The highest BCUT2D eigenvalue weighted by molar-refractivity contribution is 7.18. The van der Waals surface area contributed by atoms with Gasteiger partial charge in [0, 0.05) is 10.7 Å². The molecule has 2 unspecified atom stereocenters. The smallest absolute Gasteiger partial charge is 0.294 e. The number of hydrogen-bond acceptors (Lipinski definition) is 10. The van der Waals surface area contributed by atoms with Crippen molar-refractivity contribution >= 4 is 27.9 Å². The van der Waals surface area contributed by atoms with Crippen LogP contribution in [0, 0.1) is 11.8 Å². The van der Waals surface area contributed by atoms with Gasteiger partial charge >= 0.3 is 0 Å². The molecule has 0 aliphatic carbocycles. The number of nitrogens with zero attached hydrogens (tertiary/aromatic N) is 7. The minimum Gasteiger partial charge on any atom is -0.469 e. The fourth-order valence-corrected chi connectivity index (χ4v) is 5.43. The lowest BCUT2D eigenvalue weighted by molar-refractivity contribution is 0.0900. The molecule has 1 aliphatic heterocycles. The molecule has 5 heterocycles. The summed E-state index contributed by atoms with van der Waals surface area (Å²) >= 11 is 7.20. The van der Waals surface area contributed by atoms with E-state index in [1.165, 1.54) is 17.5 Å². The quantitative estimate of drug-likeness (QED) is 0.430. The molecule has 4 aromatic rings. The Labute approximate surface area is 193 Å². The standard InChI is InChI=1S/C20H23ClN8O2S/c1-12(2)13-7-22-5-3-20(13,16-9-25-28-31-16)4-6-30-19-27-29-11-15(26-18(29)32-19)14-8-24-17(21)10-23-14/h8-13,22H,3-7H2,1-2H3. The van der Waals surface area contributed by atoms with E-state index in [9.17, 15) is 0 Å². The van der Waals surface area contributed by atoms with E-state index in [4.69, 9.17) is 20.9 Å². The zero-order chi connectivity index (χ0) is 22.1. The van der Waals surface area contributed by atoms with Crippen LogP contribution in [0.1, 0.15) is 32.4 Å². The van der Waals surface area contributed by atoms with Gasteiger partial charge in [-0.15, -0.1) is 10.2 Å². The third kappa shape index (κ3) is 3.96. The maximum absolute atomic E-state index is 6.06. The average molecular weight is 475 g/mol. The van der Waals surface area contributed by atoms with Gasteiger partial charge in [-0.25, -0.2) is 19.5 Å². The van der Waals surface area contributed by atoms with Crippen molar-refractivity contribution in [2.75, 3.05) is 19.7 Å². The first-order chi connectivity index (χ1) is 15.5. The lowest BCUT2D eigenvalue weighted by Crippen LogP contribution is -2.50. The van der Waals surface area contributed by atoms with Crippen molar-refractivity contribution in [3.8, 4) is 16.6 Å².